The maximum absolute atomic E-state index is 5.33. The molecule has 1 atom stereocenters. The fourth-order valence-corrected chi connectivity index (χ4v) is 1.27. The van der Waals surface area contributed by atoms with Gasteiger partial charge in [-0.2, -0.15) is 0 Å². The Morgan fingerprint density at radius 3 is 2.55 bits per heavy atom. The van der Waals surface area contributed by atoms with Gasteiger partial charge in [-0.1, -0.05) is 58.6 Å². The van der Waals surface area contributed by atoms with Crippen LogP contribution in [-0.2, 0) is 0 Å². The van der Waals surface area contributed by atoms with Crippen molar-refractivity contribution >= 4 is 0 Å². The average Bonchev–Trinajstić information content (AvgIpc) is 1.99. The van der Waals surface area contributed by atoms with Gasteiger partial charge in [-0.25, -0.2) is 0 Å². The molecule has 0 aromatic carbocycles. The number of hydrogen-bond acceptors (Lipinski definition) is 0. The van der Waals surface area contributed by atoms with Gasteiger partial charge in [-0.05, 0) is 12.3 Å². The van der Waals surface area contributed by atoms with E-state index in [9.17, 15) is 0 Å². The molecular weight excluding hydrogens is 132 g/mol. The molecule has 0 N–H and O–H groups in total. The van der Waals surface area contributed by atoms with Crippen molar-refractivity contribution in [1.29, 1.82) is 0 Å². The molecule has 0 aliphatic rings. The zero-order valence-corrected chi connectivity index (χ0v) is 7.97. The van der Waals surface area contributed by atoms with Crippen LogP contribution >= 0.6 is 0 Å². The monoisotopic (exact) mass is 153 g/mol. The smallest absolute Gasteiger partial charge is 0.0322 e. The van der Waals surface area contributed by atoms with E-state index < -0.39 is 0 Å². The summed E-state index contributed by atoms with van der Waals surface area (Å²) in [6.45, 7) is 9.86. The van der Waals surface area contributed by atoms with Crippen LogP contribution < -0.4 is 0 Å². The molecule has 0 bridgehead atoms. The Hall–Kier alpha value is -0.260. The highest BCUT2D eigenvalue weighted by Gasteiger charge is 1.97. The van der Waals surface area contributed by atoms with Gasteiger partial charge >= 0.3 is 0 Å². The Labute approximate surface area is 71.7 Å². The molecule has 1 radical (unpaired) electrons. The Bertz CT molecular complexity index is 84.0. The number of allylic oxidation sites excluding steroid dienone is 1. The average molecular weight is 153 g/mol. The first-order valence-electron chi connectivity index (χ1n) is 4.84. The third-order valence-corrected chi connectivity index (χ3v) is 2.09. The molecule has 0 amide bonds. The summed E-state index contributed by atoms with van der Waals surface area (Å²) in [5, 5.41) is 0. The molecular formula is C11H21. The van der Waals surface area contributed by atoms with Gasteiger partial charge in [0.2, 0.25) is 0 Å². The molecule has 0 aromatic heterocycles. The Balaban J connectivity index is 3.03. The minimum absolute atomic E-state index is 0.789. The van der Waals surface area contributed by atoms with E-state index >= 15 is 0 Å². The Kier molecular flexibility index (Phi) is 7.66. The Morgan fingerprint density at radius 1 is 1.27 bits per heavy atom. The summed E-state index contributed by atoms with van der Waals surface area (Å²) >= 11 is 0. The molecule has 0 aromatic rings. The normalized spacial score (nSPS) is 12.9. The lowest BCUT2D eigenvalue weighted by Gasteiger charge is -2.06. The van der Waals surface area contributed by atoms with Crippen molar-refractivity contribution in [3.8, 4) is 0 Å². The zero-order chi connectivity index (χ0) is 8.53. The highest BCUT2D eigenvalue weighted by atomic mass is 14.0. The second-order valence-corrected chi connectivity index (χ2v) is 3.43. The predicted octanol–water partition coefficient (Wildman–Crippen LogP) is 3.97. The summed E-state index contributed by atoms with van der Waals surface area (Å²) < 4.78 is 0. The van der Waals surface area contributed by atoms with Crippen LogP contribution in [-0.4, -0.2) is 0 Å². The molecule has 0 saturated carbocycles. The number of rotatable bonds is 7. The maximum atomic E-state index is 5.33. The van der Waals surface area contributed by atoms with E-state index in [0.717, 1.165) is 12.3 Å². The predicted molar refractivity (Wildman–Crippen MR) is 51.4 cm³/mol. The van der Waals surface area contributed by atoms with E-state index in [1.54, 1.807) is 6.08 Å². The lowest BCUT2D eigenvalue weighted by atomic mass is 10.00. The molecule has 11 heavy (non-hydrogen) atoms. The minimum atomic E-state index is 0.789. The van der Waals surface area contributed by atoms with Crippen molar-refractivity contribution in [2.75, 3.05) is 0 Å². The van der Waals surface area contributed by atoms with Crippen molar-refractivity contribution in [2.45, 2.75) is 52.4 Å². The third-order valence-electron chi connectivity index (χ3n) is 2.09. The van der Waals surface area contributed by atoms with Crippen molar-refractivity contribution in [1.82, 2.24) is 0 Å². The standard InChI is InChI=1S/C11H21/c1-4-6-7-8-10-11(3)9-5-2/h2,5,11H,4,6-10H2,1,3H3. The van der Waals surface area contributed by atoms with Gasteiger partial charge in [0.05, 0.1) is 0 Å². The zero-order valence-electron chi connectivity index (χ0n) is 7.97. The van der Waals surface area contributed by atoms with Gasteiger partial charge in [0.15, 0.2) is 0 Å². The van der Waals surface area contributed by atoms with Gasteiger partial charge in [-0.3, -0.25) is 0 Å². The summed E-state index contributed by atoms with van der Waals surface area (Å²) in [5.41, 5.74) is 0. The third kappa shape index (κ3) is 7.64. The molecule has 0 rings (SSSR count). The number of unbranched alkanes of at least 4 members (excludes halogenated alkanes) is 3. The van der Waals surface area contributed by atoms with Gasteiger partial charge in [0.25, 0.3) is 0 Å². The molecule has 0 fully saturated rings. The van der Waals surface area contributed by atoms with E-state index in [-0.39, 0.29) is 0 Å². The summed E-state index contributed by atoms with van der Waals surface area (Å²) in [4.78, 5) is 0. The van der Waals surface area contributed by atoms with Crippen LogP contribution in [0.25, 0.3) is 0 Å². The van der Waals surface area contributed by atoms with Gasteiger partial charge in [0.1, 0.15) is 0 Å². The molecule has 0 spiro atoms. The fourth-order valence-electron chi connectivity index (χ4n) is 1.27. The highest BCUT2D eigenvalue weighted by Crippen LogP contribution is 2.13. The van der Waals surface area contributed by atoms with Gasteiger partial charge < -0.3 is 0 Å². The lowest BCUT2D eigenvalue weighted by molar-refractivity contribution is 0.494. The van der Waals surface area contributed by atoms with Crippen LogP contribution in [0.3, 0.4) is 0 Å². The van der Waals surface area contributed by atoms with E-state index in [2.05, 4.69) is 13.8 Å². The van der Waals surface area contributed by atoms with Crippen molar-refractivity contribution < 1.29 is 0 Å². The quantitative estimate of drug-likeness (QED) is 0.485. The summed E-state index contributed by atoms with van der Waals surface area (Å²) in [6, 6.07) is 0. The first kappa shape index (κ1) is 10.7. The maximum Gasteiger partial charge on any atom is -0.0322 e. The molecule has 0 aliphatic carbocycles. The summed E-state index contributed by atoms with van der Waals surface area (Å²) in [7, 11) is 0. The molecule has 0 heterocycles. The topological polar surface area (TPSA) is 0 Å². The van der Waals surface area contributed by atoms with E-state index in [1.807, 2.05) is 0 Å². The molecule has 0 heteroatoms. The van der Waals surface area contributed by atoms with Crippen molar-refractivity contribution in [3.05, 3.63) is 12.7 Å². The van der Waals surface area contributed by atoms with Crippen LogP contribution in [0.5, 0.6) is 0 Å². The molecule has 65 valence electrons. The molecule has 0 aliphatic heterocycles. The summed E-state index contributed by atoms with van der Waals surface area (Å²) in [6.07, 6.45) is 9.69. The van der Waals surface area contributed by atoms with E-state index in [4.69, 9.17) is 6.58 Å². The SMILES string of the molecule is [CH]=CCC(C)CCCCCC. The first-order valence-corrected chi connectivity index (χ1v) is 4.84. The fraction of sp³-hybridized carbons (Fsp3) is 0.818. The van der Waals surface area contributed by atoms with Gasteiger partial charge in [-0.15, -0.1) is 0 Å². The first-order chi connectivity index (χ1) is 5.31. The van der Waals surface area contributed by atoms with Crippen LogP contribution in [0.4, 0.5) is 0 Å². The van der Waals surface area contributed by atoms with E-state index in [1.165, 1.54) is 32.1 Å². The second-order valence-electron chi connectivity index (χ2n) is 3.43. The second kappa shape index (κ2) is 7.84. The summed E-state index contributed by atoms with van der Waals surface area (Å²) in [5.74, 6) is 0.789. The number of hydrogen-bond donors (Lipinski definition) is 0. The van der Waals surface area contributed by atoms with Crippen LogP contribution in [0.2, 0.25) is 0 Å². The lowest BCUT2D eigenvalue weighted by Crippen LogP contribution is -1.91. The van der Waals surface area contributed by atoms with Crippen LogP contribution in [0.15, 0.2) is 6.08 Å². The van der Waals surface area contributed by atoms with E-state index in [0.29, 0.717) is 0 Å². The minimum Gasteiger partial charge on any atom is -0.0843 e. The highest BCUT2D eigenvalue weighted by molar-refractivity contribution is 4.67. The largest absolute Gasteiger partial charge is 0.0843 e. The molecule has 0 nitrogen and oxygen atoms in total. The Morgan fingerprint density at radius 2 is 2.00 bits per heavy atom. The molecule has 1 unspecified atom stereocenters. The van der Waals surface area contributed by atoms with Crippen molar-refractivity contribution in [3.63, 3.8) is 0 Å². The molecule has 0 saturated heterocycles. The van der Waals surface area contributed by atoms with Crippen LogP contribution in [0.1, 0.15) is 52.4 Å². The van der Waals surface area contributed by atoms with Crippen molar-refractivity contribution in [2.24, 2.45) is 5.92 Å². The van der Waals surface area contributed by atoms with Crippen LogP contribution in [0, 0.1) is 12.5 Å². The van der Waals surface area contributed by atoms with Gasteiger partial charge in [0, 0.05) is 0 Å².